The smallest absolute Gasteiger partial charge is 0.118 e. The van der Waals surface area contributed by atoms with Crippen LogP contribution >= 0.6 is 0 Å². The van der Waals surface area contributed by atoms with Gasteiger partial charge in [-0.2, -0.15) is 5.10 Å². The average Bonchev–Trinajstić information content (AvgIpc) is 3.13. The number of methoxy groups -OCH3 is 1. The summed E-state index contributed by atoms with van der Waals surface area (Å²) in [5.41, 5.74) is 3.79. The zero-order valence-corrected chi connectivity index (χ0v) is 14.1. The number of aromatic nitrogens is 2. The molecule has 2 aromatic carbocycles. The van der Waals surface area contributed by atoms with Crippen molar-refractivity contribution in [3.63, 3.8) is 0 Å². The van der Waals surface area contributed by atoms with E-state index in [0.29, 0.717) is 0 Å². The normalized spacial score (nSPS) is 12.1. The highest BCUT2D eigenvalue weighted by Crippen LogP contribution is 2.18. The van der Waals surface area contributed by atoms with Gasteiger partial charge in [-0.15, -0.1) is 0 Å². The van der Waals surface area contributed by atoms with E-state index in [-0.39, 0.29) is 6.04 Å². The molecule has 1 aromatic heterocycles. The van der Waals surface area contributed by atoms with Crippen molar-refractivity contribution in [2.24, 2.45) is 0 Å². The number of benzene rings is 2. The molecule has 124 valence electrons. The summed E-state index contributed by atoms with van der Waals surface area (Å²) in [6.07, 6.45) is 3.79. The number of nitrogens with zero attached hydrogens (tertiary/aromatic N) is 2. The lowest BCUT2D eigenvalue weighted by Gasteiger charge is -2.15. The molecule has 0 amide bonds. The van der Waals surface area contributed by atoms with Crippen LogP contribution in [0.2, 0.25) is 0 Å². The van der Waals surface area contributed by atoms with Gasteiger partial charge in [0, 0.05) is 25.0 Å². The lowest BCUT2D eigenvalue weighted by Crippen LogP contribution is -2.18. The molecule has 3 aromatic rings. The molecule has 0 radical (unpaired) electrons. The molecule has 3 rings (SSSR count). The van der Waals surface area contributed by atoms with E-state index in [1.165, 1.54) is 16.7 Å². The summed E-state index contributed by atoms with van der Waals surface area (Å²) in [6.45, 7) is 3.81. The summed E-state index contributed by atoms with van der Waals surface area (Å²) >= 11 is 0. The molecule has 0 aliphatic rings. The first kappa shape index (κ1) is 16.3. The van der Waals surface area contributed by atoms with Gasteiger partial charge in [0.15, 0.2) is 0 Å². The number of rotatable bonds is 7. The van der Waals surface area contributed by atoms with Gasteiger partial charge in [-0.3, -0.25) is 4.68 Å². The Balaban J connectivity index is 1.59. The summed E-state index contributed by atoms with van der Waals surface area (Å²) in [4.78, 5) is 0. The standard InChI is InChI=1S/C20H23N3O/c1-16(19-7-9-20(24-2)10-8-19)21-14-17-5-3-6-18(13-17)15-23-12-4-11-22-23/h3-13,16,21H,14-15H2,1-2H3/t16-/m0/s1. The van der Waals surface area contributed by atoms with Crippen LogP contribution in [-0.4, -0.2) is 16.9 Å². The zero-order chi connectivity index (χ0) is 16.8. The molecule has 1 heterocycles. The quantitative estimate of drug-likeness (QED) is 0.719. The van der Waals surface area contributed by atoms with E-state index in [2.05, 4.69) is 53.7 Å². The van der Waals surface area contributed by atoms with Crippen molar-refractivity contribution in [3.8, 4) is 5.75 Å². The number of hydrogen-bond acceptors (Lipinski definition) is 3. The molecule has 0 aliphatic carbocycles. The van der Waals surface area contributed by atoms with E-state index < -0.39 is 0 Å². The molecule has 4 nitrogen and oxygen atoms in total. The third-order valence-electron chi connectivity index (χ3n) is 4.12. The summed E-state index contributed by atoms with van der Waals surface area (Å²) in [7, 11) is 1.69. The third kappa shape index (κ3) is 4.24. The number of ether oxygens (including phenoxy) is 1. The van der Waals surface area contributed by atoms with E-state index in [9.17, 15) is 0 Å². The SMILES string of the molecule is COc1ccc([C@H](C)NCc2cccc(Cn3cccn3)c2)cc1. The second-order valence-electron chi connectivity index (χ2n) is 5.90. The Bertz CT molecular complexity index is 751. The maximum Gasteiger partial charge on any atom is 0.118 e. The molecule has 1 N–H and O–H groups in total. The van der Waals surface area contributed by atoms with Gasteiger partial charge in [-0.05, 0) is 41.8 Å². The molecule has 0 bridgehead atoms. The van der Waals surface area contributed by atoms with Crippen molar-refractivity contribution in [3.05, 3.63) is 83.7 Å². The van der Waals surface area contributed by atoms with Crippen molar-refractivity contribution in [1.29, 1.82) is 0 Å². The second kappa shape index (κ2) is 7.79. The lowest BCUT2D eigenvalue weighted by molar-refractivity contribution is 0.414. The van der Waals surface area contributed by atoms with E-state index in [1.807, 2.05) is 35.3 Å². The Hall–Kier alpha value is -2.59. The van der Waals surface area contributed by atoms with Crippen LogP contribution in [-0.2, 0) is 13.1 Å². The summed E-state index contributed by atoms with van der Waals surface area (Å²) in [6, 6.07) is 19.1. The van der Waals surface area contributed by atoms with Crippen LogP contribution in [0.4, 0.5) is 0 Å². The van der Waals surface area contributed by atoms with Crippen LogP contribution in [0.3, 0.4) is 0 Å². The van der Waals surface area contributed by atoms with Gasteiger partial charge in [0.25, 0.3) is 0 Å². The number of hydrogen-bond donors (Lipinski definition) is 1. The fraction of sp³-hybridized carbons (Fsp3) is 0.250. The molecule has 0 saturated carbocycles. The van der Waals surface area contributed by atoms with Crippen LogP contribution in [0, 0.1) is 0 Å². The van der Waals surface area contributed by atoms with Crippen molar-refractivity contribution >= 4 is 0 Å². The van der Waals surface area contributed by atoms with E-state index >= 15 is 0 Å². The van der Waals surface area contributed by atoms with E-state index in [4.69, 9.17) is 4.74 Å². The van der Waals surface area contributed by atoms with Crippen LogP contribution in [0.1, 0.15) is 29.7 Å². The first-order valence-electron chi connectivity index (χ1n) is 8.17. The molecule has 1 atom stereocenters. The Morgan fingerprint density at radius 3 is 2.58 bits per heavy atom. The highest BCUT2D eigenvalue weighted by atomic mass is 16.5. The fourth-order valence-corrected chi connectivity index (χ4v) is 2.70. The predicted molar refractivity (Wildman–Crippen MR) is 96.0 cm³/mol. The Kier molecular flexibility index (Phi) is 5.29. The van der Waals surface area contributed by atoms with Gasteiger partial charge in [0.1, 0.15) is 5.75 Å². The van der Waals surface area contributed by atoms with Crippen molar-refractivity contribution in [2.75, 3.05) is 7.11 Å². The highest BCUT2D eigenvalue weighted by molar-refractivity contribution is 5.29. The first-order chi connectivity index (χ1) is 11.7. The second-order valence-corrected chi connectivity index (χ2v) is 5.90. The molecule has 0 aliphatic heterocycles. The van der Waals surface area contributed by atoms with Gasteiger partial charge in [0.2, 0.25) is 0 Å². The maximum absolute atomic E-state index is 5.21. The molecule has 4 heteroatoms. The molecule has 0 saturated heterocycles. The zero-order valence-electron chi connectivity index (χ0n) is 14.1. The van der Waals surface area contributed by atoms with Crippen LogP contribution in [0.5, 0.6) is 5.75 Å². The summed E-state index contributed by atoms with van der Waals surface area (Å²) in [5.74, 6) is 0.886. The molecular weight excluding hydrogens is 298 g/mol. The van der Waals surface area contributed by atoms with Crippen molar-refractivity contribution in [1.82, 2.24) is 15.1 Å². The molecule has 0 unspecified atom stereocenters. The Labute approximate surface area is 143 Å². The van der Waals surface area contributed by atoms with Gasteiger partial charge in [-0.1, -0.05) is 36.4 Å². The monoisotopic (exact) mass is 321 g/mol. The number of nitrogens with one attached hydrogen (secondary N) is 1. The van der Waals surface area contributed by atoms with Crippen LogP contribution < -0.4 is 10.1 Å². The lowest BCUT2D eigenvalue weighted by atomic mass is 10.1. The maximum atomic E-state index is 5.21. The van der Waals surface area contributed by atoms with Crippen LogP contribution in [0.25, 0.3) is 0 Å². The van der Waals surface area contributed by atoms with Gasteiger partial charge in [0.05, 0.1) is 13.7 Å². The largest absolute Gasteiger partial charge is 0.497 e. The Morgan fingerprint density at radius 2 is 1.88 bits per heavy atom. The topological polar surface area (TPSA) is 39.1 Å². The Morgan fingerprint density at radius 1 is 1.08 bits per heavy atom. The summed E-state index contributed by atoms with van der Waals surface area (Å²) < 4.78 is 7.14. The van der Waals surface area contributed by atoms with Crippen molar-refractivity contribution in [2.45, 2.75) is 26.1 Å². The van der Waals surface area contributed by atoms with E-state index in [0.717, 1.165) is 18.8 Å². The fourth-order valence-electron chi connectivity index (χ4n) is 2.70. The average molecular weight is 321 g/mol. The molecular formula is C20H23N3O. The third-order valence-corrected chi connectivity index (χ3v) is 4.12. The first-order valence-corrected chi connectivity index (χ1v) is 8.17. The van der Waals surface area contributed by atoms with Gasteiger partial charge in [-0.25, -0.2) is 0 Å². The van der Waals surface area contributed by atoms with Gasteiger partial charge >= 0.3 is 0 Å². The summed E-state index contributed by atoms with van der Waals surface area (Å²) in [5, 5.41) is 7.84. The van der Waals surface area contributed by atoms with Crippen LogP contribution in [0.15, 0.2) is 67.0 Å². The van der Waals surface area contributed by atoms with Crippen molar-refractivity contribution < 1.29 is 4.74 Å². The molecule has 0 fully saturated rings. The molecule has 24 heavy (non-hydrogen) atoms. The minimum Gasteiger partial charge on any atom is -0.497 e. The highest BCUT2D eigenvalue weighted by Gasteiger charge is 2.05. The molecule has 0 spiro atoms. The predicted octanol–water partition coefficient (Wildman–Crippen LogP) is 3.79. The van der Waals surface area contributed by atoms with E-state index in [1.54, 1.807) is 7.11 Å². The minimum absolute atomic E-state index is 0.283. The van der Waals surface area contributed by atoms with Gasteiger partial charge < -0.3 is 10.1 Å². The minimum atomic E-state index is 0.283.